The first kappa shape index (κ1) is 17.4. The third kappa shape index (κ3) is 5.61. The summed E-state index contributed by atoms with van der Waals surface area (Å²) < 4.78 is 0.740. The highest BCUT2D eigenvalue weighted by atomic mass is 79.9. The SMILES string of the molecule is CN(C)CCCNc1ccc(NC(=O)c2ccccc2Br)nn1. The second kappa shape index (κ2) is 8.59. The van der Waals surface area contributed by atoms with Crippen molar-refractivity contribution in [3.8, 4) is 0 Å². The summed E-state index contributed by atoms with van der Waals surface area (Å²) in [6.45, 7) is 1.84. The Hall–Kier alpha value is -1.99. The number of hydrogen-bond acceptors (Lipinski definition) is 5. The van der Waals surface area contributed by atoms with E-state index in [0.717, 1.165) is 24.0 Å². The maximum Gasteiger partial charge on any atom is 0.258 e. The Kier molecular flexibility index (Phi) is 6.49. The first-order valence-corrected chi connectivity index (χ1v) is 8.14. The van der Waals surface area contributed by atoms with Gasteiger partial charge < -0.3 is 15.5 Å². The molecule has 2 aromatic rings. The Morgan fingerprint density at radius 1 is 1.13 bits per heavy atom. The Balaban J connectivity index is 1.87. The maximum absolute atomic E-state index is 12.2. The molecule has 1 aromatic heterocycles. The molecule has 122 valence electrons. The second-order valence-electron chi connectivity index (χ2n) is 5.32. The van der Waals surface area contributed by atoms with E-state index < -0.39 is 0 Å². The number of carbonyl (C=O) groups is 1. The van der Waals surface area contributed by atoms with E-state index in [0.29, 0.717) is 17.2 Å². The largest absolute Gasteiger partial charge is 0.369 e. The van der Waals surface area contributed by atoms with Crippen LogP contribution in [0.5, 0.6) is 0 Å². The Labute approximate surface area is 144 Å². The molecule has 0 fully saturated rings. The summed E-state index contributed by atoms with van der Waals surface area (Å²) in [4.78, 5) is 14.3. The maximum atomic E-state index is 12.2. The summed E-state index contributed by atoms with van der Waals surface area (Å²) in [5, 5.41) is 14.0. The van der Waals surface area contributed by atoms with Crippen LogP contribution in [0.1, 0.15) is 16.8 Å². The standard InChI is InChI=1S/C16H20BrN5O/c1-22(2)11-5-10-18-14-8-9-15(21-20-14)19-16(23)12-6-3-4-7-13(12)17/h3-4,6-9H,5,10-11H2,1-2H3,(H,18,20)(H,19,21,23). The monoisotopic (exact) mass is 377 g/mol. The van der Waals surface area contributed by atoms with Crippen LogP contribution in [0.3, 0.4) is 0 Å². The number of halogens is 1. The van der Waals surface area contributed by atoms with Gasteiger partial charge in [0.05, 0.1) is 5.56 Å². The van der Waals surface area contributed by atoms with E-state index in [1.54, 1.807) is 18.2 Å². The van der Waals surface area contributed by atoms with Gasteiger partial charge >= 0.3 is 0 Å². The molecule has 6 nitrogen and oxygen atoms in total. The number of nitrogens with zero attached hydrogens (tertiary/aromatic N) is 3. The number of rotatable bonds is 7. The zero-order valence-electron chi connectivity index (χ0n) is 13.2. The number of amides is 1. The molecule has 0 unspecified atom stereocenters. The fourth-order valence-corrected chi connectivity index (χ4v) is 2.40. The minimum absolute atomic E-state index is 0.224. The van der Waals surface area contributed by atoms with E-state index in [1.165, 1.54) is 0 Å². The molecule has 1 amide bonds. The summed E-state index contributed by atoms with van der Waals surface area (Å²) in [6, 6.07) is 10.8. The molecule has 0 aliphatic heterocycles. The topological polar surface area (TPSA) is 70.2 Å². The van der Waals surface area contributed by atoms with Gasteiger partial charge in [0.15, 0.2) is 5.82 Å². The smallest absolute Gasteiger partial charge is 0.258 e. The average Bonchev–Trinajstić information content (AvgIpc) is 2.53. The minimum Gasteiger partial charge on any atom is -0.369 e. The molecule has 23 heavy (non-hydrogen) atoms. The van der Waals surface area contributed by atoms with Gasteiger partial charge in [0.25, 0.3) is 5.91 Å². The van der Waals surface area contributed by atoms with Crippen LogP contribution >= 0.6 is 15.9 Å². The van der Waals surface area contributed by atoms with Crippen molar-refractivity contribution in [2.45, 2.75) is 6.42 Å². The van der Waals surface area contributed by atoms with Gasteiger partial charge in [0, 0.05) is 11.0 Å². The lowest BCUT2D eigenvalue weighted by atomic mass is 10.2. The van der Waals surface area contributed by atoms with Crippen molar-refractivity contribution in [3.05, 3.63) is 46.4 Å². The number of nitrogens with one attached hydrogen (secondary N) is 2. The molecule has 0 spiro atoms. The number of benzene rings is 1. The van der Waals surface area contributed by atoms with E-state index in [2.05, 4.69) is 41.7 Å². The van der Waals surface area contributed by atoms with Gasteiger partial charge in [-0.1, -0.05) is 12.1 Å². The lowest BCUT2D eigenvalue weighted by Gasteiger charge is -2.10. The van der Waals surface area contributed by atoms with Gasteiger partial charge in [-0.3, -0.25) is 4.79 Å². The number of anilines is 2. The van der Waals surface area contributed by atoms with Crippen LogP contribution in [0.4, 0.5) is 11.6 Å². The Bertz CT molecular complexity index is 645. The summed E-state index contributed by atoms with van der Waals surface area (Å²) >= 11 is 3.36. The van der Waals surface area contributed by atoms with E-state index in [-0.39, 0.29) is 5.91 Å². The lowest BCUT2D eigenvalue weighted by molar-refractivity contribution is 0.102. The predicted molar refractivity (Wildman–Crippen MR) is 95.8 cm³/mol. The molecule has 0 saturated heterocycles. The molecule has 2 N–H and O–H groups in total. The van der Waals surface area contributed by atoms with E-state index in [4.69, 9.17) is 0 Å². The van der Waals surface area contributed by atoms with Crippen LogP contribution < -0.4 is 10.6 Å². The van der Waals surface area contributed by atoms with Crippen molar-refractivity contribution in [3.63, 3.8) is 0 Å². The minimum atomic E-state index is -0.224. The van der Waals surface area contributed by atoms with Gasteiger partial charge in [0.1, 0.15) is 5.82 Å². The van der Waals surface area contributed by atoms with Crippen LogP contribution in [0, 0.1) is 0 Å². The summed E-state index contributed by atoms with van der Waals surface area (Å²) in [6.07, 6.45) is 1.02. The van der Waals surface area contributed by atoms with Crippen LogP contribution in [-0.2, 0) is 0 Å². The molecular weight excluding hydrogens is 358 g/mol. The molecular formula is C16H20BrN5O. The van der Waals surface area contributed by atoms with E-state index in [9.17, 15) is 4.79 Å². The zero-order valence-corrected chi connectivity index (χ0v) is 14.8. The van der Waals surface area contributed by atoms with Gasteiger partial charge in [-0.05, 0) is 67.3 Å². The van der Waals surface area contributed by atoms with Gasteiger partial charge in [-0.25, -0.2) is 0 Å². The molecule has 1 heterocycles. The van der Waals surface area contributed by atoms with Crippen molar-refractivity contribution < 1.29 is 4.79 Å². The third-order valence-electron chi connectivity index (χ3n) is 3.11. The fourth-order valence-electron chi connectivity index (χ4n) is 1.93. The fraction of sp³-hybridized carbons (Fsp3) is 0.312. The van der Waals surface area contributed by atoms with Gasteiger partial charge in [0.2, 0.25) is 0 Å². The van der Waals surface area contributed by atoms with Crippen LogP contribution in [-0.4, -0.2) is 48.2 Å². The molecule has 2 rings (SSSR count). The molecule has 0 aliphatic rings. The molecule has 0 saturated carbocycles. The van der Waals surface area contributed by atoms with E-state index >= 15 is 0 Å². The number of carbonyl (C=O) groups excluding carboxylic acids is 1. The van der Waals surface area contributed by atoms with Crippen molar-refractivity contribution >= 4 is 33.5 Å². The van der Waals surface area contributed by atoms with Crippen molar-refractivity contribution in [2.75, 3.05) is 37.8 Å². The average molecular weight is 378 g/mol. The Morgan fingerprint density at radius 3 is 2.48 bits per heavy atom. The highest BCUT2D eigenvalue weighted by Crippen LogP contribution is 2.17. The van der Waals surface area contributed by atoms with Gasteiger partial charge in [-0.2, -0.15) is 0 Å². The number of hydrogen-bond donors (Lipinski definition) is 2. The van der Waals surface area contributed by atoms with Crippen molar-refractivity contribution in [2.24, 2.45) is 0 Å². The molecule has 1 aromatic carbocycles. The summed E-state index contributed by atoms with van der Waals surface area (Å²) in [5.41, 5.74) is 0.556. The summed E-state index contributed by atoms with van der Waals surface area (Å²) in [7, 11) is 4.09. The lowest BCUT2D eigenvalue weighted by Crippen LogP contribution is -2.17. The second-order valence-corrected chi connectivity index (χ2v) is 6.18. The Morgan fingerprint density at radius 2 is 1.83 bits per heavy atom. The highest BCUT2D eigenvalue weighted by Gasteiger charge is 2.10. The zero-order chi connectivity index (χ0) is 16.7. The molecule has 0 atom stereocenters. The van der Waals surface area contributed by atoms with Crippen LogP contribution in [0.2, 0.25) is 0 Å². The molecule has 0 aliphatic carbocycles. The van der Waals surface area contributed by atoms with Crippen molar-refractivity contribution in [1.29, 1.82) is 0 Å². The first-order chi connectivity index (χ1) is 11.1. The highest BCUT2D eigenvalue weighted by molar-refractivity contribution is 9.10. The van der Waals surface area contributed by atoms with Crippen LogP contribution in [0.15, 0.2) is 40.9 Å². The van der Waals surface area contributed by atoms with Crippen molar-refractivity contribution in [1.82, 2.24) is 15.1 Å². The third-order valence-corrected chi connectivity index (χ3v) is 3.80. The molecule has 0 bridgehead atoms. The normalized spacial score (nSPS) is 10.6. The summed E-state index contributed by atoms with van der Waals surface area (Å²) in [5.74, 6) is 0.894. The van der Waals surface area contributed by atoms with Crippen LogP contribution in [0.25, 0.3) is 0 Å². The quantitative estimate of drug-likeness (QED) is 0.726. The van der Waals surface area contributed by atoms with Gasteiger partial charge in [-0.15, -0.1) is 10.2 Å². The van der Waals surface area contributed by atoms with E-state index in [1.807, 2.05) is 32.3 Å². The predicted octanol–water partition coefficient (Wildman–Crippen LogP) is 2.86. The molecule has 0 radical (unpaired) electrons. The number of aromatic nitrogens is 2. The first-order valence-electron chi connectivity index (χ1n) is 7.34. The molecule has 7 heteroatoms.